The molecular weight excluding hydrogens is 432 g/mol. The highest BCUT2D eigenvalue weighted by atomic mass is 32.2. The van der Waals surface area contributed by atoms with Gasteiger partial charge in [0.05, 0.1) is 29.0 Å². The van der Waals surface area contributed by atoms with Crippen LogP contribution in [0.1, 0.15) is 18.4 Å². The first-order valence-corrected chi connectivity index (χ1v) is 11.1. The van der Waals surface area contributed by atoms with Gasteiger partial charge in [-0.3, -0.25) is 24.5 Å². The lowest BCUT2D eigenvalue weighted by molar-refractivity contribution is -0.384. The predicted octanol–water partition coefficient (Wildman–Crippen LogP) is 3.47. The first kappa shape index (κ1) is 21.9. The average molecular weight is 455 g/mol. The second-order valence-electron chi connectivity index (χ2n) is 7.38. The van der Waals surface area contributed by atoms with E-state index >= 15 is 0 Å². The van der Waals surface area contributed by atoms with E-state index in [1.54, 1.807) is 25.4 Å². The van der Waals surface area contributed by atoms with Crippen LogP contribution in [0.15, 0.2) is 47.9 Å². The van der Waals surface area contributed by atoms with Crippen LogP contribution in [0.4, 0.5) is 11.4 Å². The first-order chi connectivity index (χ1) is 15.5. The van der Waals surface area contributed by atoms with Crippen molar-refractivity contribution in [3.05, 3.63) is 58.4 Å². The molecule has 3 heterocycles. The van der Waals surface area contributed by atoms with Crippen molar-refractivity contribution in [2.45, 2.75) is 37.6 Å². The van der Waals surface area contributed by atoms with E-state index in [1.807, 2.05) is 16.7 Å². The highest BCUT2D eigenvalue weighted by Crippen LogP contribution is 2.27. The molecule has 4 rings (SSSR count). The molecule has 0 unspecified atom stereocenters. The Labute approximate surface area is 188 Å². The number of nitrogens with zero attached hydrogens (tertiary/aromatic N) is 5. The Kier molecular flexibility index (Phi) is 6.76. The van der Waals surface area contributed by atoms with Crippen LogP contribution in [0.2, 0.25) is 0 Å². The lowest BCUT2D eigenvalue weighted by atomic mass is 10.2. The van der Waals surface area contributed by atoms with Crippen LogP contribution in [-0.2, 0) is 16.1 Å². The SMILES string of the molecule is Cc1ccc([N+](=O)[O-])cc1NC(=O)CSc1nnc(-c2ccncc2)n1C[C@@H]1CCCO1. The molecule has 1 fully saturated rings. The van der Waals surface area contributed by atoms with Crippen LogP contribution in [-0.4, -0.2) is 49.0 Å². The molecule has 0 bridgehead atoms. The van der Waals surface area contributed by atoms with Crippen molar-refractivity contribution in [1.29, 1.82) is 0 Å². The van der Waals surface area contributed by atoms with Crippen molar-refractivity contribution in [1.82, 2.24) is 19.7 Å². The number of carbonyl (C=O) groups is 1. The molecule has 11 heteroatoms. The molecule has 0 spiro atoms. The largest absolute Gasteiger partial charge is 0.376 e. The van der Waals surface area contributed by atoms with Gasteiger partial charge in [-0.2, -0.15) is 0 Å². The van der Waals surface area contributed by atoms with Crippen LogP contribution in [0.3, 0.4) is 0 Å². The maximum atomic E-state index is 12.6. The monoisotopic (exact) mass is 454 g/mol. The molecule has 1 saturated heterocycles. The Morgan fingerprint density at radius 1 is 1.31 bits per heavy atom. The molecule has 1 atom stereocenters. The van der Waals surface area contributed by atoms with Gasteiger partial charge < -0.3 is 10.1 Å². The van der Waals surface area contributed by atoms with Crippen LogP contribution < -0.4 is 5.32 Å². The second kappa shape index (κ2) is 9.88. The van der Waals surface area contributed by atoms with Gasteiger partial charge in [-0.05, 0) is 37.5 Å². The number of rotatable bonds is 8. The van der Waals surface area contributed by atoms with Crippen LogP contribution in [0, 0.1) is 17.0 Å². The molecule has 32 heavy (non-hydrogen) atoms. The fraction of sp³-hybridized carbons (Fsp3) is 0.333. The number of nitro benzene ring substituents is 1. The van der Waals surface area contributed by atoms with E-state index in [0.717, 1.165) is 30.6 Å². The van der Waals surface area contributed by atoms with E-state index < -0.39 is 4.92 Å². The van der Waals surface area contributed by atoms with Gasteiger partial charge in [0.1, 0.15) is 0 Å². The fourth-order valence-electron chi connectivity index (χ4n) is 3.44. The number of nitro groups is 1. The number of pyridine rings is 1. The molecule has 1 aromatic carbocycles. The van der Waals surface area contributed by atoms with Gasteiger partial charge in [0.2, 0.25) is 5.91 Å². The highest BCUT2D eigenvalue weighted by Gasteiger charge is 2.22. The predicted molar refractivity (Wildman–Crippen MR) is 119 cm³/mol. The maximum absolute atomic E-state index is 12.6. The third-order valence-corrected chi connectivity index (χ3v) is 6.07. The van der Waals surface area contributed by atoms with Crippen molar-refractivity contribution in [2.75, 3.05) is 17.7 Å². The van der Waals surface area contributed by atoms with E-state index in [2.05, 4.69) is 20.5 Å². The third-order valence-electron chi connectivity index (χ3n) is 5.10. The zero-order chi connectivity index (χ0) is 22.5. The minimum Gasteiger partial charge on any atom is -0.376 e. The summed E-state index contributed by atoms with van der Waals surface area (Å²) in [7, 11) is 0. The molecular formula is C21H22N6O4S. The molecule has 1 amide bonds. The minimum absolute atomic E-state index is 0.0724. The normalized spacial score (nSPS) is 15.6. The molecule has 1 N–H and O–H groups in total. The summed E-state index contributed by atoms with van der Waals surface area (Å²) in [5.41, 5.74) is 1.98. The van der Waals surface area contributed by atoms with E-state index in [0.29, 0.717) is 23.2 Å². The van der Waals surface area contributed by atoms with Gasteiger partial charge in [0, 0.05) is 36.7 Å². The van der Waals surface area contributed by atoms with E-state index in [-0.39, 0.29) is 23.5 Å². The molecule has 0 radical (unpaired) electrons. The van der Waals surface area contributed by atoms with Gasteiger partial charge in [-0.1, -0.05) is 17.8 Å². The summed E-state index contributed by atoms with van der Waals surface area (Å²) in [6.45, 7) is 3.12. The number of benzene rings is 1. The summed E-state index contributed by atoms with van der Waals surface area (Å²) in [4.78, 5) is 27.1. The number of carbonyl (C=O) groups excluding carboxylic acids is 1. The molecule has 1 aliphatic heterocycles. The van der Waals surface area contributed by atoms with Crippen LogP contribution in [0.25, 0.3) is 11.4 Å². The van der Waals surface area contributed by atoms with E-state index in [9.17, 15) is 14.9 Å². The number of aryl methyl sites for hydroxylation is 1. The summed E-state index contributed by atoms with van der Waals surface area (Å²) >= 11 is 1.26. The second-order valence-corrected chi connectivity index (χ2v) is 8.32. The highest BCUT2D eigenvalue weighted by molar-refractivity contribution is 7.99. The third kappa shape index (κ3) is 5.11. The molecule has 166 valence electrons. The number of non-ortho nitro benzene ring substituents is 1. The van der Waals surface area contributed by atoms with Crippen molar-refractivity contribution in [2.24, 2.45) is 0 Å². The van der Waals surface area contributed by atoms with Crippen LogP contribution in [0.5, 0.6) is 0 Å². The van der Waals surface area contributed by atoms with E-state index in [4.69, 9.17) is 4.74 Å². The van der Waals surface area contributed by atoms with Gasteiger partial charge in [0.25, 0.3) is 5.69 Å². The topological polar surface area (TPSA) is 125 Å². The van der Waals surface area contributed by atoms with Crippen molar-refractivity contribution in [3.8, 4) is 11.4 Å². The molecule has 0 aliphatic carbocycles. The smallest absolute Gasteiger partial charge is 0.271 e. The quantitative estimate of drug-likeness (QED) is 0.312. The number of anilines is 1. The Morgan fingerprint density at radius 2 is 2.12 bits per heavy atom. The van der Waals surface area contributed by atoms with Crippen LogP contribution >= 0.6 is 11.8 Å². The lowest BCUT2D eigenvalue weighted by Gasteiger charge is -2.14. The number of aromatic nitrogens is 4. The summed E-state index contributed by atoms with van der Waals surface area (Å²) in [5, 5.41) is 23.0. The zero-order valence-corrected chi connectivity index (χ0v) is 18.2. The standard InChI is InChI=1S/C21H22N6O4S/c1-14-4-5-16(27(29)30)11-18(14)23-19(28)13-32-21-25-24-20(15-6-8-22-9-7-15)26(21)12-17-3-2-10-31-17/h4-9,11,17H,2-3,10,12-13H2,1H3,(H,23,28)/t17-/m0/s1. The average Bonchev–Trinajstić information content (AvgIpc) is 3.45. The van der Waals surface area contributed by atoms with Gasteiger partial charge in [0.15, 0.2) is 11.0 Å². The van der Waals surface area contributed by atoms with Crippen molar-refractivity contribution < 1.29 is 14.5 Å². The summed E-state index contributed by atoms with van der Waals surface area (Å²) in [5.74, 6) is 0.498. The van der Waals surface area contributed by atoms with Gasteiger partial charge in [-0.15, -0.1) is 10.2 Å². The lowest BCUT2D eigenvalue weighted by Crippen LogP contribution is -2.18. The number of hydrogen-bond donors (Lipinski definition) is 1. The summed E-state index contributed by atoms with van der Waals surface area (Å²) in [6.07, 6.45) is 5.45. The maximum Gasteiger partial charge on any atom is 0.271 e. The van der Waals surface area contributed by atoms with Crippen molar-refractivity contribution >= 4 is 29.0 Å². The Hall–Kier alpha value is -3.31. The Morgan fingerprint density at radius 3 is 2.84 bits per heavy atom. The number of ether oxygens (including phenoxy) is 1. The Balaban J connectivity index is 1.49. The van der Waals surface area contributed by atoms with Gasteiger partial charge in [-0.25, -0.2) is 0 Å². The van der Waals surface area contributed by atoms with Crippen molar-refractivity contribution in [3.63, 3.8) is 0 Å². The number of amides is 1. The molecule has 0 saturated carbocycles. The molecule has 10 nitrogen and oxygen atoms in total. The van der Waals surface area contributed by atoms with E-state index in [1.165, 1.54) is 23.9 Å². The molecule has 3 aromatic rings. The summed E-state index contributed by atoms with van der Waals surface area (Å²) in [6, 6.07) is 8.11. The first-order valence-electron chi connectivity index (χ1n) is 10.1. The number of nitrogens with one attached hydrogen (secondary N) is 1. The fourth-order valence-corrected chi connectivity index (χ4v) is 4.19. The minimum atomic E-state index is -0.488. The Bertz CT molecular complexity index is 1110. The summed E-state index contributed by atoms with van der Waals surface area (Å²) < 4.78 is 7.76. The van der Waals surface area contributed by atoms with Gasteiger partial charge >= 0.3 is 0 Å². The zero-order valence-electron chi connectivity index (χ0n) is 17.4. The number of hydrogen-bond acceptors (Lipinski definition) is 8. The molecule has 1 aliphatic rings. The molecule has 2 aromatic heterocycles. The number of thioether (sulfide) groups is 1.